The fourth-order valence-corrected chi connectivity index (χ4v) is 1.71. The van der Waals surface area contributed by atoms with Crippen molar-refractivity contribution in [1.82, 2.24) is 0 Å². The van der Waals surface area contributed by atoms with Crippen molar-refractivity contribution >= 4 is 11.4 Å². The molecule has 4 nitrogen and oxygen atoms in total. The number of hydrogen-bond acceptors (Lipinski definition) is 3. The van der Waals surface area contributed by atoms with Gasteiger partial charge in [-0.15, -0.1) is 0 Å². The number of nitro benzene ring substituents is 1. The summed E-state index contributed by atoms with van der Waals surface area (Å²) in [5.74, 6) is -0.938. The summed E-state index contributed by atoms with van der Waals surface area (Å²) in [5, 5.41) is 13.4. The minimum absolute atomic E-state index is 0.0141. The Morgan fingerprint density at radius 2 is 1.90 bits per heavy atom. The van der Waals surface area contributed by atoms with Gasteiger partial charge in [0.1, 0.15) is 11.6 Å². The lowest BCUT2D eigenvalue weighted by molar-refractivity contribution is -0.384. The Hall–Kier alpha value is -2.50. The molecule has 0 amide bonds. The highest BCUT2D eigenvalue weighted by atomic mass is 19.1. The van der Waals surface area contributed by atoms with E-state index in [-0.39, 0.29) is 23.7 Å². The largest absolute Gasteiger partial charge is 0.378 e. The van der Waals surface area contributed by atoms with Crippen molar-refractivity contribution in [2.24, 2.45) is 0 Å². The summed E-state index contributed by atoms with van der Waals surface area (Å²) < 4.78 is 26.9. The maximum absolute atomic E-state index is 13.5. The molecule has 0 aromatic heterocycles. The van der Waals surface area contributed by atoms with E-state index in [1.165, 1.54) is 6.07 Å². The molecule has 2 aromatic rings. The van der Waals surface area contributed by atoms with Crippen molar-refractivity contribution in [1.29, 1.82) is 0 Å². The number of anilines is 1. The molecule has 2 aromatic carbocycles. The first-order valence-electron chi connectivity index (χ1n) is 5.90. The van der Waals surface area contributed by atoms with E-state index >= 15 is 0 Å². The Morgan fingerprint density at radius 1 is 1.15 bits per heavy atom. The molecule has 0 aliphatic rings. The average molecular weight is 278 g/mol. The maximum Gasteiger partial charge on any atom is 0.271 e. The van der Waals surface area contributed by atoms with E-state index in [0.717, 1.165) is 18.2 Å². The highest BCUT2D eigenvalue weighted by Gasteiger charge is 2.10. The van der Waals surface area contributed by atoms with Gasteiger partial charge < -0.3 is 5.32 Å². The lowest BCUT2D eigenvalue weighted by Crippen LogP contribution is -2.03. The van der Waals surface area contributed by atoms with Crippen LogP contribution in [0.2, 0.25) is 0 Å². The van der Waals surface area contributed by atoms with Crippen LogP contribution in [0.5, 0.6) is 0 Å². The van der Waals surface area contributed by atoms with Gasteiger partial charge in [0, 0.05) is 18.7 Å². The van der Waals surface area contributed by atoms with E-state index in [9.17, 15) is 18.9 Å². The SMILES string of the molecule is Cc1ccc(CNc2cc([N+](=O)[O-])ccc2F)cc1F. The molecule has 0 aliphatic carbocycles. The van der Waals surface area contributed by atoms with Crippen molar-refractivity contribution in [3.63, 3.8) is 0 Å². The number of non-ortho nitro benzene ring substituents is 1. The van der Waals surface area contributed by atoms with Crippen molar-refractivity contribution in [2.45, 2.75) is 13.5 Å². The van der Waals surface area contributed by atoms with Gasteiger partial charge in [0.25, 0.3) is 5.69 Å². The van der Waals surface area contributed by atoms with Crippen LogP contribution in [0, 0.1) is 28.7 Å². The van der Waals surface area contributed by atoms with Crippen LogP contribution in [0.3, 0.4) is 0 Å². The second-order valence-corrected chi connectivity index (χ2v) is 4.36. The van der Waals surface area contributed by atoms with Crippen LogP contribution in [0.25, 0.3) is 0 Å². The summed E-state index contributed by atoms with van der Waals surface area (Å²) >= 11 is 0. The molecule has 0 radical (unpaired) electrons. The Morgan fingerprint density at radius 3 is 2.55 bits per heavy atom. The van der Waals surface area contributed by atoms with Gasteiger partial charge in [0.15, 0.2) is 0 Å². The fourth-order valence-electron chi connectivity index (χ4n) is 1.71. The third-order valence-electron chi connectivity index (χ3n) is 2.88. The summed E-state index contributed by atoms with van der Waals surface area (Å²) in [6.45, 7) is 1.82. The molecule has 0 saturated carbocycles. The third kappa shape index (κ3) is 3.09. The Bertz CT molecular complexity index is 660. The molecule has 0 spiro atoms. The second kappa shape index (κ2) is 5.64. The molecular weight excluding hydrogens is 266 g/mol. The fraction of sp³-hybridized carbons (Fsp3) is 0.143. The molecule has 1 N–H and O–H groups in total. The number of rotatable bonds is 4. The summed E-state index contributed by atoms with van der Waals surface area (Å²) in [7, 11) is 0. The summed E-state index contributed by atoms with van der Waals surface area (Å²) in [6.07, 6.45) is 0. The smallest absolute Gasteiger partial charge is 0.271 e. The number of hydrogen-bond donors (Lipinski definition) is 1. The summed E-state index contributed by atoms with van der Waals surface area (Å²) in [5.41, 5.74) is 0.957. The van der Waals surface area contributed by atoms with Gasteiger partial charge in [-0.2, -0.15) is 0 Å². The topological polar surface area (TPSA) is 55.2 Å². The molecule has 0 heterocycles. The van der Waals surface area contributed by atoms with Crippen LogP contribution < -0.4 is 5.32 Å². The molecule has 104 valence electrons. The van der Waals surface area contributed by atoms with E-state index in [0.29, 0.717) is 11.1 Å². The number of benzene rings is 2. The second-order valence-electron chi connectivity index (χ2n) is 4.36. The maximum atomic E-state index is 13.5. The van der Waals surface area contributed by atoms with E-state index in [1.54, 1.807) is 19.1 Å². The Labute approximate surface area is 114 Å². The molecule has 2 rings (SSSR count). The zero-order valence-electron chi connectivity index (χ0n) is 10.7. The first-order chi connectivity index (χ1) is 9.47. The summed E-state index contributed by atoms with van der Waals surface area (Å²) in [6, 6.07) is 7.90. The molecule has 20 heavy (non-hydrogen) atoms. The normalized spacial score (nSPS) is 10.3. The standard InChI is InChI=1S/C14H12F2N2O2/c1-9-2-3-10(6-13(9)16)8-17-14-7-11(18(19)20)4-5-12(14)15/h2-7,17H,8H2,1H3. The zero-order valence-corrected chi connectivity index (χ0v) is 10.7. The first kappa shape index (κ1) is 13.9. The lowest BCUT2D eigenvalue weighted by Gasteiger charge is -2.08. The molecule has 0 bridgehead atoms. The first-order valence-corrected chi connectivity index (χ1v) is 5.90. The third-order valence-corrected chi connectivity index (χ3v) is 2.88. The van der Waals surface area contributed by atoms with E-state index < -0.39 is 10.7 Å². The number of nitrogens with zero attached hydrogens (tertiary/aromatic N) is 1. The van der Waals surface area contributed by atoms with Gasteiger partial charge in [0.05, 0.1) is 10.6 Å². The van der Waals surface area contributed by atoms with Gasteiger partial charge in [-0.05, 0) is 30.2 Å². The van der Waals surface area contributed by atoms with Crippen LogP contribution in [0.4, 0.5) is 20.2 Å². The highest BCUT2D eigenvalue weighted by Crippen LogP contribution is 2.22. The van der Waals surface area contributed by atoms with Crippen LogP contribution in [-0.4, -0.2) is 4.92 Å². The van der Waals surface area contributed by atoms with Crippen LogP contribution >= 0.6 is 0 Å². The molecule has 0 saturated heterocycles. The van der Waals surface area contributed by atoms with E-state index in [1.807, 2.05) is 0 Å². The van der Waals surface area contributed by atoms with Gasteiger partial charge in [-0.3, -0.25) is 10.1 Å². The van der Waals surface area contributed by atoms with E-state index in [4.69, 9.17) is 0 Å². The van der Waals surface area contributed by atoms with Gasteiger partial charge in [-0.1, -0.05) is 12.1 Å². The molecule has 0 fully saturated rings. The van der Waals surface area contributed by atoms with Gasteiger partial charge >= 0.3 is 0 Å². The molecular formula is C14H12F2N2O2. The van der Waals surface area contributed by atoms with Crippen LogP contribution in [-0.2, 0) is 6.54 Å². The van der Waals surface area contributed by atoms with Gasteiger partial charge in [-0.25, -0.2) is 8.78 Å². The number of aryl methyl sites for hydroxylation is 1. The number of halogens is 2. The van der Waals surface area contributed by atoms with Gasteiger partial charge in [0.2, 0.25) is 0 Å². The monoisotopic (exact) mass is 278 g/mol. The Balaban J connectivity index is 2.15. The van der Waals surface area contributed by atoms with Crippen LogP contribution in [0.1, 0.15) is 11.1 Å². The predicted octanol–water partition coefficient (Wildman–Crippen LogP) is 3.79. The lowest BCUT2D eigenvalue weighted by atomic mass is 10.1. The predicted molar refractivity (Wildman–Crippen MR) is 71.5 cm³/mol. The minimum Gasteiger partial charge on any atom is -0.378 e. The number of nitrogens with one attached hydrogen (secondary N) is 1. The minimum atomic E-state index is -0.601. The zero-order chi connectivity index (χ0) is 14.7. The molecule has 0 aliphatic heterocycles. The highest BCUT2D eigenvalue weighted by molar-refractivity contribution is 5.52. The quantitative estimate of drug-likeness (QED) is 0.683. The van der Waals surface area contributed by atoms with Crippen molar-refractivity contribution < 1.29 is 13.7 Å². The number of nitro groups is 1. The van der Waals surface area contributed by atoms with E-state index in [2.05, 4.69) is 5.32 Å². The Kier molecular flexibility index (Phi) is 3.93. The molecule has 6 heteroatoms. The molecule has 0 unspecified atom stereocenters. The summed E-state index contributed by atoms with van der Waals surface area (Å²) in [4.78, 5) is 10.0. The van der Waals surface area contributed by atoms with Crippen LogP contribution in [0.15, 0.2) is 36.4 Å². The molecule has 0 atom stereocenters. The average Bonchev–Trinajstić information content (AvgIpc) is 2.41. The van der Waals surface area contributed by atoms with Crippen molar-refractivity contribution in [2.75, 3.05) is 5.32 Å². The van der Waals surface area contributed by atoms with Crippen molar-refractivity contribution in [3.05, 3.63) is 69.3 Å². The van der Waals surface area contributed by atoms with Crippen molar-refractivity contribution in [3.8, 4) is 0 Å².